The fraction of sp³-hybridized carbons (Fsp3) is 0.636. The van der Waals surface area contributed by atoms with E-state index >= 15 is 0 Å². The lowest BCUT2D eigenvalue weighted by Crippen LogP contribution is -2.16. The highest BCUT2D eigenvalue weighted by Crippen LogP contribution is 2.25. The van der Waals surface area contributed by atoms with Gasteiger partial charge in [0.05, 0.1) is 0 Å². The number of allylic oxidation sites excluding steroid dienone is 2. The fourth-order valence-corrected chi connectivity index (χ4v) is 0.919. The van der Waals surface area contributed by atoms with E-state index in [1.54, 1.807) is 6.20 Å². The third-order valence-corrected chi connectivity index (χ3v) is 2.04. The summed E-state index contributed by atoms with van der Waals surface area (Å²) in [4.78, 5) is 0. The molecule has 1 unspecified atom stereocenters. The Kier molecular flexibility index (Phi) is 4.78. The van der Waals surface area contributed by atoms with Crippen molar-refractivity contribution in [2.75, 3.05) is 0 Å². The largest absolute Gasteiger partial charge is 0.404 e. The molecule has 0 amide bonds. The first kappa shape index (κ1) is 12.2. The quantitative estimate of drug-likeness (QED) is 0.657. The number of hydrogen-bond acceptors (Lipinski definition) is 2. The second-order valence-corrected chi connectivity index (χ2v) is 4.30. The second-order valence-electron chi connectivity index (χ2n) is 4.30. The van der Waals surface area contributed by atoms with E-state index in [9.17, 15) is 0 Å². The molecule has 13 heavy (non-hydrogen) atoms. The SMILES string of the molecule is CCC(N)/C=C\C(=C/N)C(C)(C)C. The van der Waals surface area contributed by atoms with Crippen molar-refractivity contribution in [1.82, 2.24) is 0 Å². The van der Waals surface area contributed by atoms with Crippen molar-refractivity contribution in [3.63, 3.8) is 0 Å². The van der Waals surface area contributed by atoms with E-state index in [0.717, 1.165) is 12.0 Å². The molecule has 0 aliphatic heterocycles. The molecule has 0 bridgehead atoms. The van der Waals surface area contributed by atoms with Crippen molar-refractivity contribution in [3.05, 3.63) is 23.9 Å². The van der Waals surface area contributed by atoms with Crippen molar-refractivity contribution < 1.29 is 0 Å². The van der Waals surface area contributed by atoms with Gasteiger partial charge in [-0.15, -0.1) is 0 Å². The van der Waals surface area contributed by atoms with E-state index < -0.39 is 0 Å². The topological polar surface area (TPSA) is 52.0 Å². The van der Waals surface area contributed by atoms with Crippen molar-refractivity contribution in [3.8, 4) is 0 Å². The maximum absolute atomic E-state index is 5.76. The molecule has 0 saturated heterocycles. The van der Waals surface area contributed by atoms with Crippen LogP contribution < -0.4 is 11.5 Å². The number of rotatable bonds is 3. The molecule has 0 heterocycles. The maximum atomic E-state index is 5.76. The Balaban J connectivity index is 4.41. The van der Waals surface area contributed by atoms with Crippen LogP contribution in [-0.2, 0) is 0 Å². The van der Waals surface area contributed by atoms with Gasteiger partial charge in [-0.1, -0.05) is 39.8 Å². The Labute approximate surface area is 81.7 Å². The molecule has 0 aromatic carbocycles. The summed E-state index contributed by atoms with van der Waals surface area (Å²) in [6.45, 7) is 8.46. The van der Waals surface area contributed by atoms with Gasteiger partial charge in [0.2, 0.25) is 0 Å². The summed E-state index contributed by atoms with van der Waals surface area (Å²) in [5.41, 5.74) is 12.5. The van der Waals surface area contributed by atoms with Crippen molar-refractivity contribution in [2.24, 2.45) is 16.9 Å². The van der Waals surface area contributed by atoms with Crippen LogP contribution in [-0.4, -0.2) is 6.04 Å². The van der Waals surface area contributed by atoms with Crippen LogP contribution in [0.4, 0.5) is 0 Å². The zero-order valence-corrected chi connectivity index (χ0v) is 9.17. The van der Waals surface area contributed by atoms with Gasteiger partial charge in [-0.05, 0) is 23.6 Å². The fourth-order valence-electron chi connectivity index (χ4n) is 0.919. The molecule has 0 fully saturated rings. The Hall–Kier alpha value is -0.760. The molecule has 0 aromatic rings. The van der Waals surface area contributed by atoms with Crippen LogP contribution in [0.15, 0.2) is 23.9 Å². The van der Waals surface area contributed by atoms with Crippen LogP contribution >= 0.6 is 0 Å². The summed E-state index contributed by atoms with van der Waals surface area (Å²) in [6, 6.07) is 0.136. The van der Waals surface area contributed by atoms with Crippen LogP contribution in [0, 0.1) is 5.41 Å². The first-order valence-corrected chi connectivity index (χ1v) is 4.78. The molecule has 0 aromatic heterocycles. The zero-order chi connectivity index (χ0) is 10.5. The molecule has 1 atom stereocenters. The van der Waals surface area contributed by atoms with Gasteiger partial charge in [-0.2, -0.15) is 0 Å². The molecule has 4 N–H and O–H groups in total. The highest BCUT2D eigenvalue weighted by atomic mass is 14.6. The lowest BCUT2D eigenvalue weighted by molar-refractivity contribution is 0.515. The van der Waals surface area contributed by atoms with E-state index in [0.29, 0.717) is 0 Å². The molecule has 0 radical (unpaired) electrons. The summed E-state index contributed by atoms with van der Waals surface area (Å²) in [5.74, 6) is 0. The van der Waals surface area contributed by atoms with E-state index in [1.165, 1.54) is 0 Å². The van der Waals surface area contributed by atoms with E-state index in [2.05, 4.69) is 27.7 Å². The van der Waals surface area contributed by atoms with Gasteiger partial charge < -0.3 is 11.5 Å². The van der Waals surface area contributed by atoms with E-state index in [-0.39, 0.29) is 11.5 Å². The number of hydrogen-bond donors (Lipinski definition) is 2. The first-order valence-electron chi connectivity index (χ1n) is 4.78. The summed E-state index contributed by atoms with van der Waals surface area (Å²) >= 11 is 0. The van der Waals surface area contributed by atoms with Crippen LogP contribution in [0.2, 0.25) is 0 Å². The minimum atomic E-state index is 0.0959. The predicted molar refractivity (Wildman–Crippen MR) is 59.1 cm³/mol. The Morgan fingerprint density at radius 1 is 1.38 bits per heavy atom. The van der Waals surface area contributed by atoms with E-state index in [1.807, 2.05) is 12.2 Å². The summed E-state index contributed by atoms with van der Waals surface area (Å²) in [6.07, 6.45) is 6.63. The number of nitrogens with two attached hydrogens (primary N) is 2. The van der Waals surface area contributed by atoms with Gasteiger partial charge >= 0.3 is 0 Å². The summed E-state index contributed by atoms with van der Waals surface area (Å²) in [7, 11) is 0. The Morgan fingerprint density at radius 2 is 1.92 bits per heavy atom. The summed E-state index contributed by atoms with van der Waals surface area (Å²) in [5, 5.41) is 0. The van der Waals surface area contributed by atoms with Gasteiger partial charge in [0.25, 0.3) is 0 Å². The van der Waals surface area contributed by atoms with Gasteiger partial charge in [0.1, 0.15) is 0 Å². The molecule has 76 valence electrons. The average Bonchev–Trinajstić information content (AvgIpc) is 2.02. The standard InChI is InChI=1S/C11H22N2/c1-5-10(13)7-6-9(8-12)11(2,3)4/h6-8,10H,5,12-13H2,1-4H3/b7-6-,9-8+. The summed E-state index contributed by atoms with van der Waals surface area (Å²) < 4.78 is 0. The lowest BCUT2D eigenvalue weighted by atomic mass is 9.86. The second kappa shape index (κ2) is 5.07. The minimum Gasteiger partial charge on any atom is -0.404 e. The highest BCUT2D eigenvalue weighted by Gasteiger charge is 2.13. The van der Waals surface area contributed by atoms with Crippen molar-refractivity contribution >= 4 is 0 Å². The van der Waals surface area contributed by atoms with Crippen LogP contribution in [0.25, 0.3) is 0 Å². The molecular formula is C11H22N2. The minimum absolute atomic E-state index is 0.0959. The molecule has 2 nitrogen and oxygen atoms in total. The molecular weight excluding hydrogens is 160 g/mol. The van der Waals surface area contributed by atoms with Gasteiger partial charge in [-0.25, -0.2) is 0 Å². The van der Waals surface area contributed by atoms with Gasteiger partial charge in [0, 0.05) is 6.04 Å². The third-order valence-electron chi connectivity index (χ3n) is 2.04. The molecule has 0 saturated carbocycles. The van der Waals surface area contributed by atoms with Gasteiger partial charge in [0.15, 0.2) is 0 Å². The van der Waals surface area contributed by atoms with E-state index in [4.69, 9.17) is 11.5 Å². The van der Waals surface area contributed by atoms with Crippen LogP contribution in [0.3, 0.4) is 0 Å². The lowest BCUT2D eigenvalue weighted by Gasteiger charge is -2.19. The Bertz CT molecular complexity index is 197. The molecule has 0 spiro atoms. The molecule has 2 heteroatoms. The molecule has 0 rings (SSSR count). The predicted octanol–water partition coefficient (Wildman–Crippen LogP) is 2.17. The molecule has 0 aliphatic rings. The van der Waals surface area contributed by atoms with Crippen LogP contribution in [0.1, 0.15) is 34.1 Å². The van der Waals surface area contributed by atoms with Crippen molar-refractivity contribution in [1.29, 1.82) is 0 Å². The molecule has 0 aliphatic carbocycles. The zero-order valence-electron chi connectivity index (χ0n) is 9.17. The highest BCUT2D eigenvalue weighted by molar-refractivity contribution is 5.24. The smallest absolute Gasteiger partial charge is 0.0224 e. The average molecular weight is 182 g/mol. The normalized spacial score (nSPS) is 16.5. The third kappa shape index (κ3) is 4.73. The monoisotopic (exact) mass is 182 g/mol. The maximum Gasteiger partial charge on any atom is 0.0224 e. The van der Waals surface area contributed by atoms with Crippen molar-refractivity contribution in [2.45, 2.75) is 40.2 Å². The first-order chi connectivity index (χ1) is 5.91. The van der Waals surface area contributed by atoms with Crippen LogP contribution in [0.5, 0.6) is 0 Å². The van der Waals surface area contributed by atoms with Gasteiger partial charge in [-0.3, -0.25) is 0 Å². The Morgan fingerprint density at radius 3 is 2.23 bits per heavy atom.